The van der Waals surface area contributed by atoms with Gasteiger partial charge in [0.15, 0.2) is 0 Å². The highest BCUT2D eigenvalue weighted by Crippen LogP contribution is 2.50. The molecule has 0 saturated carbocycles. The van der Waals surface area contributed by atoms with Gasteiger partial charge < -0.3 is 9.53 Å². The lowest BCUT2D eigenvalue weighted by molar-refractivity contribution is 0.213. The topological polar surface area (TPSA) is 42.4 Å². The molecule has 0 spiro atoms. The molecule has 7 heteroatoms. The Morgan fingerprint density at radius 1 is 1.05 bits per heavy atom. The maximum absolute atomic E-state index is 15.5. The van der Waals surface area contributed by atoms with E-state index in [2.05, 4.69) is 67.6 Å². The van der Waals surface area contributed by atoms with E-state index >= 15 is 8.78 Å². The Kier molecular flexibility index (Phi) is 8.87. The summed E-state index contributed by atoms with van der Waals surface area (Å²) in [7, 11) is -4.39. The zero-order chi connectivity index (χ0) is 31.6. The quantitative estimate of drug-likeness (QED) is 0.316. The summed E-state index contributed by atoms with van der Waals surface area (Å²) in [5, 5.41) is 12.4. The second-order valence-corrected chi connectivity index (χ2v) is 26.1. The van der Waals surface area contributed by atoms with Crippen LogP contribution in [0.5, 0.6) is 0 Å². The van der Waals surface area contributed by atoms with Gasteiger partial charge in [0.1, 0.15) is 17.7 Å². The Bertz CT molecular complexity index is 1360. The molecule has 4 rings (SSSR count). The van der Waals surface area contributed by atoms with E-state index in [9.17, 15) is 5.11 Å². The molecule has 232 valence electrons. The van der Waals surface area contributed by atoms with Gasteiger partial charge in [0.2, 0.25) is 8.32 Å². The number of aliphatic hydroxyl groups is 1. The number of aromatic nitrogens is 1. The van der Waals surface area contributed by atoms with Crippen LogP contribution >= 0.6 is 0 Å². The molecule has 2 aliphatic rings. The number of aliphatic hydroxyl groups excluding tert-OH is 1. The normalized spacial score (nSPS) is 20.0. The van der Waals surface area contributed by atoms with Gasteiger partial charge >= 0.3 is 0 Å². The van der Waals surface area contributed by atoms with Gasteiger partial charge in [0.25, 0.3) is 0 Å². The first-order valence-electron chi connectivity index (χ1n) is 15.8. The van der Waals surface area contributed by atoms with Crippen molar-refractivity contribution in [2.24, 2.45) is 5.41 Å². The molecular weight excluding hydrogens is 561 g/mol. The van der Waals surface area contributed by atoms with E-state index in [0.29, 0.717) is 0 Å². The van der Waals surface area contributed by atoms with Crippen LogP contribution in [0.25, 0.3) is 0 Å². The van der Waals surface area contributed by atoms with Crippen LogP contribution < -0.4 is 5.19 Å². The number of rotatable bonds is 7. The molecule has 0 aliphatic heterocycles. The van der Waals surface area contributed by atoms with Gasteiger partial charge in [-0.2, -0.15) is 0 Å². The van der Waals surface area contributed by atoms with Crippen LogP contribution in [0, 0.1) is 17.0 Å². The summed E-state index contributed by atoms with van der Waals surface area (Å²) in [6.45, 7) is 25.9. The standard InChI is InChI=1S/C35H53F2NO2Si2/c1-21(2)31-30(32(39)22-18-25(36)33(26(37)19-22)41(8,9)10)29(23-16-17-35(6,7)20-27(23)38-31)24-14-13-15-28(24)40-42(11,12)34(3,4)5/h15,18-19,21,24,32,39H,13-14,16-17,20H2,1-12H3/t24-,32-/m1/s1. The number of hydrogen-bond acceptors (Lipinski definition) is 3. The van der Waals surface area contributed by atoms with Gasteiger partial charge in [0, 0.05) is 28.1 Å². The van der Waals surface area contributed by atoms with Crippen LogP contribution in [0.2, 0.25) is 37.8 Å². The van der Waals surface area contributed by atoms with Crippen molar-refractivity contribution in [3.63, 3.8) is 0 Å². The van der Waals surface area contributed by atoms with Crippen molar-refractivity contribution < 1.29 is 18.3 Å². The highest BCUT2D eigenvalue weighted by molar-refractivity contribution is 6.88. The predicted molar refractivity (Wildman–Crippen MR) is 176 cm³/mol. The van der Waals surface area contributed by atoms with E-state index in [1.165, 1.54) is 17.7 Å². The predicted octanol–water partition coefficient (Wildman–Crippen LogP) is 9.41. The SMILES string of the molecule is CC(C)c1nc2c(c([C@@H]3CCC=C3O[Si](C)(C)C(C)(C)C)c1[C@H](O)c1cc(F)c([Si](C)(C)C)c(F)c1)CCC(C)(C)C2. The summed E-state index contributed by atoms with van der Waals surface area (Å²) in [4.78, 5) is 5.24. The van der Waals surface area contributed by atoms with Crippen LogP contribution in [0.4, 0.5) is 8.78 Å². The minimum Gasteiger partial charge on any atom is -0.546 e. The fraction of sp³-hybridized carbons (Fsp3) is 0.629. The minimum absolute atomic E-state index is 0.0183. The van der Waals surface area contributed by atoms with Gasteiger partial charge in [-0.05, 0) is 96.5 Å². The molecule has 1 aromatic heterocycles. The molecule has 1 heterocycles. The largest absolute Gasteiger partial charge is 0.546 e. The molecular formula is C35H53F2NO2Si2. The highest BCUT2D eigenvalue weighted by Gasteiger charge is 2.43. The van der Waals surface area contributed by atoms with Crippen molar-refractivity contribution in [3.8, 4) is 0 Å². The Balaban J connectivity index is 1.97. The highest BCUT2D eigenvalue weighted by atomic mass is 28.4. The van der Waals surface area contributed by atoms with Gasteiger partial charge in [-0.3, -0.25) is 4.98 Å². The maximum Gasteiger partial charge on any atom is 0.250 e. The zero-order valence-electron chi connectivity index (χ0n) is 28.1. The summed E-state index contributed by atoms with van der Waals surface area (Å²) in [5.41, 5.74) is 5.32. The Hall–Kier alpha value is -1.84. The molecule has 0 amide bonds. The van der Waals surface area contributed by atoms with Crippen molar-refractivity contribution in [2.45, 2.75) is 136 Å². The van der Waals surface area contributed by atoms with E-state index < -0.39 is 34.1 Å². The van der Waals surface area contributed by atoms with E-state index in [1.54, 1.807) is 0 Å². The first kappa shape index (κ1) is 33.1. The van der Waals surface area contributed by atoms with Gasteiger partial charge in [-0.15, -0.1) is 0 Å². The van der Waals surface area contributed by atoms with E-state index in [4.69, 9.17) is 9.41 Å². The summed E-state index contributed by atoms with van der Waals surface area (Å²) in [5.74, 6) is -0.128. The molecule has 0 bridgehead atoms. The second kappa shape index (κ2) is 11.3. The Labute approximate surface area is 255 Å². The average Bonchev–Trinajstić information content (AvgIpc) is 3.26. The Morgan fingerprint density at radius 2 is 1.64 bits per heavy atom. The smallest absolute Gasteiger partial charge is 0.250 e. The molecule has 2 aliphatic carbocycles. The average molecular weight is 614 g/mol. The Morgan fingerprint density at radius 3 is 2.17 bits per heavy atom. The third-order valence-corrected chi connectivity index (χ3v) is 16.2. The van der Waals surface area contributed by atoms with Crippen molar-refractivity contribution >= 4 is 21.6 Å². The van der Waals surface area contributed by atoms with Gasteiger partial charge in [-0.25, -0.2) is 8.78 Å². The molecule has 0 radical (unpaired) electrons. The molecule has 2 atom stereocenters. The monoisotopic (exact) mass is 613 g/mol. The molecule has 0 fully saturated rings. The van der Waals surface area contributed by atoms with Gasteiger partial charge in [0.05, 0.1) is 13.8 Å². The van der Waals surface area contributed by atoms with Crippen LogP contribution in [0.3, 0.4) is 0 Å². The van der Waals surface area contributed by atoms with Crippen molar-refractivity contribution in [3.05, 3.63) is 69.2 Å². The molecule has 1 aromatic carbocycles. The van der Waals surface area contributed by atoms with Crippen molar-refractivity contribution in [2.75, 3.05) is 0 Å². The molecule has 42 heavy (non-hydrogen) atoms. The van der Waals surface area contributed by atoms with Crippen molar-refractivity contribution in [1.29, 1.82) is 0 Å². The molecule has 1 N–H and O–H groups in total. The number of pyridine rings is 1. The third-order valence-electron chi connectivity index (χ3n) is 9.82. The van der Waals surface area contributed by atoms with Crippen LogP contribution in [0.1, 0.15) is 119 Å². The number of hydrogen-bond donors (Lipinski definition) is 1. The summed E-state index contributed by atoms with van der Waals surface area (Å²) in [6.07, 6.45) is 5.58. The summed E-state index contributed by atoms with van der Waals surface area (Å²) >= 11 is 0. The maximum atomic E-state index is 15.5. The number of benzene rings is 1. The van der Waals surface area contributed by atoms with Crippen molar-refractivity contribution in [1.82, 2.24) is 4.98 Å². The molecule has 0 unspecified atom stereocenters. The minimum atomic E-state index is -2.27. The lowest BCUT2D eigenvalue weighted by Gasteiger charge is -2.40. The fourth-order valence-corrected chi connectivity index (χ4v) is 9.14. The second-order valence-electron chi connectivity index (χ2n) is 16.4. The molecule has 2 aromatic rings. The first-order chi connectivity index (χ1) is 19.1. The molecule has 0 saturated heterocycles. The lowest BCUT2D eigenvalue weighted by Crippen LogP contribution is -2.42. The van der Waals surface area contributed by atoms with E-state index in [1.807, 2.05) is 19.6 Å². The van der Waals surface area contributed by atoms with Gasteiger partial charge in [-0.1, -0.05) is 68.1 Å². The first-order valence-corrected chi connectivity index (χ1v) is 22.2. The number of nitrogens with zero attached hydrogens (tertiary/aromatic N) is 1. The van der Waals surface area contributed by atoms with Crippen LogP contribution in [0.15, 0.2) is 24.0 Å². The zero-order valence-corrected chi connectivity index (χ0v) is 30.1. The number of halogens is 2. The third kappa shape index (κ3) is 6.34. The number of fused-ring (bicyclic) bond motifs is 1. The summed E-state index contributed by atoms with van der Waals surface area (Å²) < 4.78 is 38.0. The van der Waals surface area contributed by atoms with Crippen LogP contribution in [-0.4, -0.2) is 26.5 Å². The summed E-state index contributed by atoms with van der Waals surface area (Å²) in [6, 6.07) is 2.71. The van der Waals surface area contributed by atoms with E-state index in [0.717, 1.165) is 60.4 Å². The number of allylic oxidation sites excluding steroid dienone is 2. The van der Waals surface area contributed by atoms with Crippen LogP contribution in [-0.2, 0) is 17.3 Å². The molecule has 3 nitrogen and oxygen atoms in total. The van der Waals surface area contributed by atoms with E-state index in [-0.39, 0.29) is 33.0 Å². The fourth-order valence-electron chi connectivity index (χ4n) is 6.44. The lowest BCUT2D eigenvalue weighted by atomic mass is 9.71.